The molecule has 1 aliphatic heterocycles. The first-order chi connectivity index (χ1) is 12.8. The van der Waals surface area contributed by atoms with Gasteiger partial charge in [-0.15, -0.1) is 0 Å². The Balaban J connectivity index is 1.97. The van der Waals surface area contributed by atoms with Crippen molar-refractivity contribution < 1.29 is 19.2 Å². The monoisotopic (exact) mass is 432 g/mol. The maximum atomic E-state index is 12.9. The van der Waals surface area contributed by atoms with E-state index in [1.54, 1.807) is 24.3 Å². The van der Waals surface area contributed by atoms with Crippen LogP contribution in [0.2, 0.25) is 0 Å². The van der Waals surface area contributed by atoms with Crippen molar-refractivity contribution in [2.45, 2.75) is 20.0 Å². The molecular weight excluding hydrogens is 416 g/mol. The first-order valence-electron chi connectivity index (χ1n) is 8.33. The molecule has 0 radical (unpaired) electrons. The Hall–Kier alpha value is -2.74. The fourth-order valence-corrected chi connectivity index (χ4v) is 3.11. The number of hydrogen-bond acceptors (Lipinski definition) is 5. The SMILES string of the molecule is CC(C)C1Oc2cc([N+](=O)[O-])ccc2N(CC(=O)c2ccc(Br)cc2)C1=O. The van der Waals surface area contributed by atoms with Gasteiger partial charge in [0, 0.05) is 16.1 Å². The van der Waals surface area contributed by atoms with Gasteiger partial charge in [-0.1, -0.05) is 41.9 Å². The van der Waals surface area contributed by atoms with Gasteiger partial charge in [-0.05, 0) is 24.1 Å². The molecule has 0 saturated carbocycles. The molecule has 7 nitrogen and oxygen atoms in total. The molecule has 140 valence electrons. The lowest BCUT2D eigenvalue weighted by Crippen LogP contribution is -2.50. The molecule has 1 aliphatic rings. The zero-order valence-electron chi connectivity index (χ0n) is 14.7. The van der Waals surface area contributed by atoms with Gasteiger partial charge in [-0.2, -0.15) is 0 Å². The standard InChI is InChI=1S/C19H17BrN2O5/c1-11(2)18-19(24)21(10-16(23)12-3-5-13(20)6-4-12)15-8-7-14(22(25)26)9-17(15)27-18/h3-9,11,18H,10H2,1-2H3. The Kier molecular flexibility index (Phi) is 5.27. The third-order valence-electron chi connectivity index (χ3n) is 4.28. The lowest BCUT2D eigenvalue weighted by molar-refractivity contribution is -0.384. The van der Waals surface area contributed by atoms with Crippen LogP contribution >= 0.6 is 15.9 Å². The van der Waals surface area contributed by atoms with Crippen LogP contribution in [-0.4, -0.2) is 29.3 Å². The van der Waals surface area contributed by atoms with Crippen molar-refractivity contribution in [1.82, 2.24) is 0 Å². The zero-order valence-corrected chi connectivity index (χ0v) is 16.3. The molecule has 0 aliphatic carbocycles. The van der Waals surface area contributed by atoms with Crippen molar-refractivity contribution >= 4 is 39.0 Å². The van der Waals surface area contributed by atoms with Crippen LogP contribution in [0.4, 0.5) is 11.4 Å². The average molecular weight is 433 g/mol. The molecule has 1 atom stereocenters. The predicted molar refractivity (Wildman–Crippen MR) is 103 cm³/mol. The van der Waals surface area contributed by atoms with Gasteiger partial charge >= 0.3 is 0 Å². The third-order valence-corrected chi connectivity index (χ3v) is 4.81. The number of non-ortho nitro benzene ring substituents is 1. The quantitative estimate of drug-likeness (QED) is 0.404. The highest BCUT2D eigenvalue weighted by atomic mass is 79.9. The molecule has 27 heavy (non-hydrogen) atoms. The second kappa shape index (κ2) is 7.48. The molecular formula is C19H17BrN2O5. The van der Waals surface area contributed by atoms with Crippen LogP contribution in [-0.2, 0) is 4.79 Å². The predicted octanol–water partition coefficient (Wildman–Crippen LogP) is 3.99. The van der Waals surface area contributed by atoms with E-state index >= 15 is 0 Å². The molecule has 1 amide bonds. The van der Waals surface area contributed by atoms with E-state index in [0.29, 0.717) is 11.3 Å². The molecule has 1 unspecified atom stereocenters. The summed E-state index contributed by atoms with van der Waals surface area (Å²) in [7, 11) is 0. The lowest BCUT2D eigenvalue weighted by atomic mass is 10.0. The minimum atomic E-state index is -0.808. The Bertz CT molecular complexity index is 911. The Labute approximate surface area is 164 Å². The number of ether oxygens (including phenoxy) is 1. The topological polar surface area (TPSA) is 89.8 Å². The van der Waals surface area contributed by atoms with E-state index in [4.69, 9.17) is 4.74 Å². The minimum Gasteiger partial charge on any atom is -0.478 e. The van der Waals surface area contributed by atoms with Gasteiger partial charge in [-0.25, -0.2) is 0 Å². The summed E-state index contributed by atoms with van der Waals surface area (Å²) in [6, 6.07) is 10.9. The normalized spacial score (nSPS) is 16.1. The van der Waals surface area contributed by atoms with E-state index in [0.717, 1.165) is 4.47 Å². The molecule has 0 fully saturated rings. The first kappa shape index (κ1) is 19.0. The van der Waals surface area contributed by atoms with Crippen molar-refractivity contribution in [3.63, 3.8) is 0 Å². The summed E-state index contributed by atoms with van der Waals surface area (Å²) in [6.07, 6.45) is -0.808. The van der Waals surface area contributed by atoms with Gasteiger partial charge in [0.2, 0.25) is 0 Å². The zero-order chi connectivity index (χ0) is 19.7. The van der Waals surface area contributed by atoms with Gasteiger partial charge in [-0.3, -0.25) is 24.6 Å². The van der Waals surface area contributed by atoms with Crippen molar-refractivity contribution in [2.24, 2.45) is 5.92 Å². The Morgan fingerprint density at radius 1 is 1.26 bits per heavy atom. The van der Waals surface area contributed by atoms with Crippen molar-refractivity contribution in [1.29, 1.82) is 0 Å². The molecule has 2 aromatic rings. The van der Waals surface area contributed by atoms with E-state index in [9.17, 15) is 19.7 Å². The van der Waals surface area contributed by atoms with Crippen LogP contribution in [0.1, 0.15) is 24.2 Å². The number of ketones is 1. The summed E-state index contributed by atoms with van der Waals surface area (Å²) in [5.74, 6) is -0.498. The first-order valence-corrected chi connectivity index (χ1v) is 9.12. The fourth-order valence-electron chi connectivity index (χ4n) is 2.85. The molecule has 8 heteroatoms. The number of hydrogen-bond donors (Lipinski definition) is 0. The fraction of sp³-hybridized carbons (Fsp3) is 0.263. The van der Waals surface area contributed by atoms with E-state index in [1.165, 1.54) is 23.1 Å². The smallest absolute Gasteiger partial charge is 0.273 e. The number of anilines is 1. The van der Waals surface area contributed by atoms with Crippen LogP contribution in [0, 0.1) is 16.0 Å². The Morgan fingerprint density at radius 2 is 1.93 bits per heavy atom. The largest absolute Gasteiger partial charge is 0.478 e. The number of fused-ring (bicyclic) bond motifs is 1. The number of halogens is 1. The van der Waals surface area contributed by atoms with Crippen molar-refractivity contribution in [3.05, 3.63) is 62.6 Å². The minimum absolute atomic E-state index is 0.134. The van der Waals surface area contributed by atoms with Crippen LogP contribution in [0.5, 0.6) is 5.75 Å². The molecule has 0 spiro atoms. The maximum Gasteiger partial charge on any atom is 0.273 e. The molecule has 0 saturated heterocycles. The van der Waals surface area contributed by atoms with Crippen LogP contribution < -0.4 is 9.64 Å². The number of nitrogens with zero attached hydrogens (tertiary/aromatic N) is 2. The number of Topliss-reactive ketones (excluding diaryl/α,β-unsaturated/α-hetero) is 1. The third kappa shape index (κ3) is 3.85. The summed E-state index contributed by atoms with van der Waals surface area (Å²) in [4.78, 5) is 37.4. The second-order valence-electron chi connectivity index (χ2n) is 6.55. The highest BCUT2D eigenvalue weighted by Crippen LogP contribution is 2.38. The molecule has 0 aromatic heterocycles. The summed E-state index contributed by atoms with van der Waals surface area (Å²) in [6.45, 7) is 3.47. The average Bonchev–Trinajstić information content (AvgIpc) is 2.63. The maximum absolute atomic E-state index is 12.9. The molecule has 1 heterocycles. The van der Waals surface area contributed by atoms with Gasteiger partial charge < -0.3 is 4.74 Å². The number of nitro benzene ring substituents is 1. The van der Waals surface area contributed by atoms with E-state index in [2.05, 4.69) is 15.9 Å². The molecule has 0 bridgehead atoms. The highest BCUT2D eigenvalue weighted by molar-refractivity contribution is 9.10. The van der Waals surface area contributed by atoms with Crippen LogP contribution in [0.3, 0.4) is 0 Å². The summed E-state index contributed by atoms with van der Waals surface area (Å²) < 4.78 is 6.56. The summed E-state index contributed by atoms with van der Waals surface area (Å²) in [5.41, 5.74) is 0.694. The number of benzene rings is 2. The Morgan fingerprint density at radius 3 is 2.52 bits per heavy atom. The van der Waals surface area contributed by atoms with Crippen LogP contribution in [0.25, 0.3) is 0 Å². The number of nitro groups is 1. The van der Waals surface area contributed by atoms with E-state index in [1.807, 2.05) is 13.8 Å². The van der Waals surface area contributed by atoms with E-state index in [-0.39, 0.29) is 35.6 Å². The number of carbonyl (C=O) groups is 2. The number of rotatable bonds is 5. The number of carbonyl (C=O) groups excluding carboxylic acids is 2. The lowest BCUT2D eigenvalue weighted by Gasteiger charge is -2.35. The number of amides is 1. The van der Waals surface area contributed by atoms with Crippen molar-refractivity contribution in [2.75, 3.05) is 11.4 Å². The highest BCUT2D eigenvalue weighted by Gasteiger charge is 2.38. The summed E-state index contributed by atoms with van der Waals surface area (Å²) >= 11 is 3.32. The van der Waals surface area contributed by atoms with Gasteiger partial charge in [0.15, 0.2) is 17.6 Å². The van der Waals surface area contributed by atoms with Gasteiger partial charge in [0.05, 0.1) is 23.2 Å². The van der Waals surface area contributed by atoms with E-state index < -0.39 is 11.0 Å². The van der Waals surface area contributed by atoms with Crippen molar-refractivity contribution in [3.8, 4) is 5.75 Å². The van der Waals surface area contributed by atoms with Crippen LogP contribution in [0.15, 0.2) is 46.9 Å². The van der Waals surface area contributed by atoms with Gasteiger partial charge in [0.1, 0.15) is 0 Å². The molecule has 2 aromatic carbocycles. The summed E-state index contributed by atoms with van der Waals surface area (Å²) in [5, 5.41) is 11.0. The molecule has 3 rings (SSSR count). The van der Waals surface area contributed by atoms with Gasteiger partial charge in [0.25, 0.3) is 11.6 Å². The second-order valence-corrected chi connectivity index (χ2v) is 7.46. The molecule has 0 N–H and O–H groups in total.